The van der Waals surface area contributed by atoms with Crippen LogP contribution in [0.2, 0.25) is 0 Å². The molecule has 9 heteroatoms. The topological polar surface area (TPSA) is 105 Å². The number of hydrogen-bond donors (Lipinski definition) is 3. The van der Waals surface area contributed by atoms with Gasteiger partial charge in [0, 0.05) is 18.6 Å². The fourth-order valence-electron chi connectivity index (χ4n) is 3.42. The minimum absolute atomic E-state index is 0.0515. The molecule has 3 aromatic rings. The lowest BCUT2D eigenvalue weighted by atomic mass is 9.87. The van der Waals surface area contributed by atoms with E-state index in [1.165, 1.54) is 29.0 Å². The molecule has 1 heterocycles. The summed E-state index contributed by atoms with van der Waals surface area (Å²) in [5.41, 5.74) is 1.13. The highest BCUT2D eigenvalue weighted by molar-refractivity contribution is 8.00. The number of benzene rings is 2. The highest BCUT2D eigenvalue weighted by Crippen LogP contribution is 2.26. The Kier molecular flexibility index (Phi) is 8.95. The lowest BCUT2D eigenvalue weighted by molar-refractivity contribution is -0.113. The zero-order valence-electron chi connectivity index (χ0n) is 20.5. The third-order valence-electron chi connectivity index (χ3n) is 5.38. The SMILES string of the molecule is COCCn1c(NC(=O)CSc2ccc(C(C)(C)C)cc2)c(NCc2ccccc2)c(=O)[nH]c1=O. The smallest absolute Gasteiger partial charge is 0.330 e. The first-order valence-electron chi connectivity index (χ1n) is 11.4. The Morgan fingerprint density at radius 2 is 1.74 bits per heavy atom. The summed E-state index contributed by atoms with van der Waals surface area (Å²) in [4.78, 5) is 41.3. The van der Waals surface area contributed by atoms with Crippen molar-refractivity contribution in [2.45, 2.75) is 44.2 Å². The molecule has 0 aliphatic rings. The van der Waals surface area contributed by atoms with E-state index < -0.39 is 11.2 Å². The summed E-state index contributed by atoms with van der Waals surface area (Å²) < 4.78 is 6.41. The standard InChI is InChI=1S/C26H32N4O4S/c1-26(2,3)19-10-12-20(13-11-19)35-17-21(31)28-23-22(27-16-18-8-6-5-7-9-18)24(32)29-25(33)30(23)14-15-34-4/h5-13,27H,14-17H2,1-4H3,(H,28,31)(H,29,32,33). The van der Waals surface area contributed by atoms with Crippen LogP contribution in [-0.4, -0.2) is 34.9 Å². The van der Waals surface area contributed by atoms with Crippen molar-refractivity contribution in [2.24, 2.45) is 0 Å². The van der Waals surface area contributed by atoms with Gasteiger partial charge in [-0.3, -0.25) is 19.1 Å². The van der Waals surface area contributed by atoms with Gasteiger partial charge in [-0.2, -0.15) is 0 Å². The van der Waals surface area contributed by atoms with Crippen LogP contribution in [-0.2, 0) is 28.0 Å². The number of methoxy groups -OCH3 is 1. The largest absolute Gasteiger partial charge is 0.383 e. The number of amides is 1. The summed E-state index contributed by atoms with van der Waals surface area (Å²) in [5.74, 6) is -0.0765. The van der Waals surface area contributed by atoms with Crippen LogP contribution in [0.5, 0.6) is 0 Å². The Labute approximate surface area is 209 Å². The molecule has 3 N–H and O–H groups in total. The molecule has 1 aromatic heterocycles. The quantitative estimate of drug-likeness (QED) is 0.369. The van der Waals surface area contributed by atoms with Crippen LogP contribution in [0, 0.1) is 0 Å². The molecule has 0 saturated carbocycles. The average molecular weight is 497 g/mol. The number of H-pyrrole nitrogens is 1. The Morgan fingerprint density at radius 3 is 2.37 bits per heavy atom. The van der Waals surface area contributed by atoms with Gasteiger partial charge in [0.15, 0.2) is 0 Å². The molecule has 186 valence electrons. The van der Waals surface area contributed by atoms with Gasteiger partial charge in [0.1, 0.15) is 11.5 Å². The Bertz CT molecular complexity index is 1250. The lowest BCUT2D eigenvalue weighted by Crippen LogP contribution is -2.36. The van der Waals surface area contributed by atoms with Crippen LogP contribution in [0.3, 0.4) is 0 Å². The summed E-state index contributed by atoms with van der Waals surface area (Å²) in [7, 11) is 1.52. The summed E-state index contributed by atoms with van der Waals surface area (Å²) >= 11 is 1.38. The van der Waals surface area contributed by atoms with E-state index >= 15 is 0 Å². The maximum absolute atomic E-state index is 12.9. The fraction of sp³-hybridized carbons (Fsp3) is 0.346. The van der Waals surface area contributed by atoms with Gasteiger partial charge in [0.25, 0.3) is 5.56 Å². The van der Waals surface area contributed by atoms with E-state index in [1.807, 2.05) is 42.5 Å². The molecule has 35 heavy (non-hydrogen) atoms. The summed E-state index contributed by atoms with van der Waals surface area (Å²) in [5, 5.41) is 5.85. The highest BCUT2D eigenvalue weighted by Gasteiger charge is 2.18. The number of nitrogens with one attached hydrogen (secondary N) is 3. The van der Waals surface area contributed by atoms with E-state index in [4.69, 9.17) is 4.74 Å². The Balaban J connectivity index is 1.80. The minimum Gasteiger partial charge on any atom is -0.383 e. The zero-order valence-corrected chi connectivity index (χ0v) is 21.3. The number of aromatic amines is 1. The molecule has 3 rings (SSSR count). The van der Waals surface area contributed by atoms with Crippen molar-refractivity contribution in [2.75, 3.05) is 30.1 Å². The van der Waals surface area contributed by atoms with E-state index in [0.29, 0.717) is 6.54 Å². The maximum Gasteiger partial charge on any atom is 0.330 e. The first-order valence-corrected chi connectivity index (χ1v) is 12.3. The molecule has 0 bridgehead atoms. The third-order valence-corrected chi connectivity index (χ3v) is 6.39. The number of aromatic nitrogens is 2. The molecule has 1 amide bonds. The van der Waals surface area contributed by atoms with Crippen molar-refractivity contribution in [3.8, 4) is 0 Å². The van der Waals surface area contributed by atoms with Gasteiger partial charge in [-0.1, -0.05) is 63.2 Å². The van der Waals surface area contributed by atoms with Crippen LogP contribution in [0.25, 0.3) is 0 Å². The van der Waals surface area contributed by atoms with Crippen molar-refractivity contribution in [3.05, 3.63) is 86.6 Å². The monoisotopic (exact) mass is 496 g/mol. The summed E-state index contributed by atoms with van der Waals surface area (Å²) in [6, 6.07) is 17.6. The second-order valence-electron chi connectivity index (χ2n) is 9.08. The van der Waals surface area contributed by atoms with Crippen molar-refractivity contribution in [1.29, 1.82) is 0 Å². The van der Waals surface area contributed by atoms with Crippen LogP contribution in [0.1, 0.15) is 31.9 Å². The number of carbonyl (C=O) groups is 1. The lowest BCUT2D eigenvalue weighted by Gasteiger charge is -2.19. The van der Waals surface area contributed by atoms with Gasteiger partial charge in [0.2, 0.25) is 5.91 Å². The first kappa shape index (κ1) is 26.3. The fourth-order valence-corrected chi connectivity index (χ4v) is 4.11. The first-order chi connectivity index (χ1) is 16.7. The Morgan fingerprint density at radius 1 is 1.06 bits per heavy atom. The van der Waals surface area contributed by atoms with Gasteiger partial charge in [-0.15, -0.1) is 11.8 Å². The van der Waals surface area contributed by atoms with E-state index in [2.05, 4.69) is 48.5 Å². The van der Waals surface area contributed by atoms with E-state index in [9.17, 15) is 14.4 Å². The summed E-state index contributed by atoms with van der Waals surface area (Å²) in [6.45, 7) is 7.21. The molecule has 0 atom stereocenters. The third kappa shape index (κ3) is 7.34. The molecule has 0 aliphatic carbocycles. The van der Waals surface area contributed by atoms with Crippen LogP contribution in [0.15, 0.2) is 69.1 Å². The summed E-state index contributed by atoms with van der Waals surface area (Å²) in [6.07, 6.45) is 0. The minimum atomic E-state index is -0.613. The van der Waals surface area contributed by atoms with Crippen LogP contribution in [0.4, 0.5) is 11.5 Å². The molecule has 0 radical (unpaired) electrons. The van der Waals surface area contributed by atoms with Crippen molar-refractivity contribution in [3.63, 3.8) is 0 Å². The average Bonchev–Trinajstić information content (AvgIpc) is 2.82. The normalized spacial score (nSPS) is 11.3. The van der Waals surface area contributed by atoms with Crippen LogP contribution < -0.4 is 21.9 Å². The number of thioether (sulfide) groups is 1. The predicted molar refractivity (Wildman–Crippen MR) is 141 cm³/mol. The molecule has 8 nitrogen and oxygen atoms in total. The van der Waals surface area contributed by atoms with Crippen LogP contribution >= 0.6 is 11.8 Å². The molecule has 0 spiro atoms. The predicted octanol–water partition coefficient (Wildman–Crippen LogP) is 3.82. The van der Waals surface area contributed by atoms with E-state index in [1.54, 1.807) is 0 Å². The van der Waals surface area contributed by atoms with E-state index in [0.717, 1.165) is 10.5 Å². The molecule has 0 aliphatic heterocycles. The molecular formula is C26H32N4O4S. The van der Waals surface area contributed by atoms with Gasteiger partial charge < -0.3 is 15.4 Å². The number of nitrogens with zero attached hydrogens (tertiary/aromatic N) is 1. The second-order valence-corrected chi connectivity index (χ2v) is 10.1. The molecular weight excluding hydrogens is 464 g/mol. The Hall–Kier alpha value is -3.30. The molecule has 0 fully saturated rings. The molecule has 0 saturated heterocycles. The second kappa shape index (κ2) is 11.9. The van der Waals surface area contributed by atoms with E-state index in [-0.39, 0.29) is 41.7 Å². The highest BCUT2D eigenvalue weighted by atomic mass is 32.2. The number of anilines is 2. The van der Waals surface area contributed by atoms with Gasteiger partial charge in [-0.25, -0.2) is 4.79 Å². The van der Waals surface area contributed by atoms with Gasteiger partial charge in [0.05, 0.1) is 18.9 Å². The molecule has 2 aromatic carbocycles. The maximum atomic E-state index is 12.9. The number of hydrogen-bond acceptors (Lipinski definition) is 6. The number of carbonyl (C=O) groups excluding carboxylic acids is 1. The van der Waals surface area contributed by atoms with Crippen molar-refractivity contribution in [1.82, 2.24) is 9.55 Å². The zero-order chi connectivity index (χ0) is 25.4. The van der Waals surface area contributed by atoms with Gasteiger partial charge in [-0.05, 0) is 28.7 Å². The van der Waals surface area contributed by atoms with Gasteiger partial charge >= 0.3 is 5.69 Å². The molecule has 0 unspecified atom stereocenters. The van der Waals surface area contributed by atoms with Crippen molar-refractivity contribution < 1.29 is 9.53 Å². The number of ether oxygens (including phenoxy) is 1. The van der Waals surface area contributed by atoms with Crippen molar-refractivity contribution >= 4 is 29.2 Å². The number of rotatable bonds is 10.